The summed E-state index contributed by atoms with van der Waals surface area (Å²) in [5, 5.41) is 6.62. The lowest BCUT2D eigenvalue weighted by Crippen LogP contribution is -2.46. The fourth-order valence-corrected chi connectivity index (χ4v) is 3.01. The number of hydrogen-bond donors (Lipinski definition) is 2. The minimum Gasteiger partial charge on any atom is -0.494 e. The van der Waals surface area contributed by atoms with Gasteiger partial charge in [0.1, 0.15) is 0 Å². The first-order valence-electron chi connectivity index (χ1n) is 8.38. The summed E-state index contributed by atoms with van der Waals surface area (Å²) in [5.74, 6) is 0.633. The van der Waals surface area contributed by atoms with Crippen LogP contribution in [0.15, 0.2) is 23.2 Å². The number of hydrogen-bond acceptors (Lipinski definition) is 3. The van der Waals surface area contributed by atoms with E-state index in [1.165, 1.54) is 32.4 Å². The van der Waals surface area contributed by atoms with Gasteiger partial charge < -0.3 is 20.1 Å². The molecule has 0 radical (unpaired) electrons. The van der Waals surface area contributed by atoms with Crippen LogP contribution < -0.4 is 15.4 Å². The van der Waals surface area contributed by atoms with Crippen molar-refractivity contribution in [2.45, 2.75) is 32.2 Å². The van der Waals surface area contributed by atoms with Crippen LogP contribution in [0.3, 0.4) is 0 Å². The van der Waals surface area contributed by atoms with E-state index in [-0.39, 0.29) is 35.5 Å². The van der Waals surface area contributed by atoms with E-state index in [0.29, 0.717) is 12.0 Å². The molecule has 0 atom stereocenters. The molecule has 1 aromatic rings. The third-order valence-corrected chi connectivity index (χ3v) is 4.78. The lowest BCUT2D eigenvalue weighted by molar-refractivity contribution is 0.0732. The Morgan fingerprint density at radius 2 is 2.04 bits per heavy atom. The maximum atomic E-state index is 13.7. The Bertz CT molecular complexity index is 565. The zero-order valence-electron chi connectivity index (χ0n) is 15.2. The van der Waals surface area contributed by atoms with Gasteiger partial charge in [0.25, 0.3) is 0 Å². The van der Waals surface area contributed by atoms with E-state index in [2.05, 4.69) is 15.6 Å². The monoisotopic (exact) mass is 465 g/mol. The lowest BCUT2D eigenvalue weighted by Gasteiger charge is -2.42. The van der Waals surface area contributed by atoms with Gasteiger partial charge in [-0.05, 0) is 42.4 Å². The summed E-state index contributed by atoms with van der Waals surface area (Å²) in [5.41, 5.74) is 1.16. The van der Waals surface area contributed by atoms with Gasteiger partial charge in [-0.3, -0.25) is 4.99 Å². The molecule has 2 rings (SSSR count). The number of benzene rings is 1. The van der Waals surface area contributed by atoms with Crippen molar-refractivity contribution in [2.75, 3.05) is 34.4 Å². The molecule has 0 unspecified atom stereocenters. The highest BCUT2D eigenvalue weighted by atomic mass is 127. The van der Waals surface area contributed by atoms with Gasteiger partial charge >= 0.3 is 0 Å². The summed E-state index contributed by atoms with van der Waals surface area (Å²) in [7, 11) is 4.95. The van der Waals surface area contributed by atoms with Crippen molar-refractivity contribution in [3.05, 3.63) is 29.6 Å². The maximum absolute atomic E-state index is 13.7. The predicted molar refractivity (Wildman–Crippen MR) is 109 cm³/mol. The maximum Gasteiger partial charge on any atom is 0.191 e. The molecule has 0 amide bonds. The molecule has 0 spiro atoms. The van der Waals surface area contributed by atoms with Crippen LogP contribution in [0.5, 0.6) is 5.75 Å². The van der Waals surface area contributed by atoms with E-state index < -0.39 is 0 Å². The van der Waals surface area contributed by atoms with E-state index in [1.54, 1.807) is 20.2 Å². The normalized spacial score (nSPS) is 15.8. The molecular weight excluding hydrogens is 436 g/mol. The van der Waals surface area contributed by atoms with Crippen molar-refractivity contribution >= 4 is 29.9 Å². The van der Waals surface area contributed by atoms with Gasteiger partial charge in [0, 0.05) is 33.9 Å². The topological polar surface area (TPSA) is 54.9 Å². The lowest BCUT2D eigenvalue weighted by atomic mass is 9.67. The zero-order chi connectivity index (χ0) is 17.4. The number of rotatable bonds is 8. The molecule has 0 heterocycles. The Balaban J connectivity index is 0.00000312. The molecule has 0 bridgehead atoms. The quantitative estimate of drug-likeness (QED) is 0.352. The Kier molecular flexibility index (Phi) is 9.48. The Hall–Kier alpha value is -1.09. The highest BCUT2D eigenvalue weighted by Gasteiger charge is 2.36. The molecule has 2 N–H and O–H groups in total. The van der Waals surface area contributed by atoms with Crippen molar-refractivity contribution < 1.29 is 13.9 Å². The molecule has 0 saturated heterocycles. The van der Waals surface area contributed by atoms with Gasteiger partial charge in [0.15, 0.2) is 17.5 Å². The Labute approximate surface area is 166 Å². The molecule has 0 aliphatic heterocycles. The first-order valence-corrected chi connectivity index (χ1v) is 8.38. The van der Waals surface area contributed by atoms with Gasteiger partial charge in [0.05, 0.1) is 7.11 Å². The van der Waals surface area contributed by atoms with Crippen molar-refractivity contribution in [1.29, 1.82) is 0 Å². The second-order valence-corrected chi connectivity index (χ2v) is 6.34. The predicted octanol–water partition coefficient (Wildman–Crippen LogP) is 3.32. The molecule has 7 heteroatoms. The molecule has 1 saturated carbocycles. The van der Waals surface area contributed by atoms with Gasteiger partial charge in [-0.25, -0.2) is 4.39 Å². The van der Waals surface area contributed by atoms with E-state index in [0.717, 1.165) is 31.1 Å². The average molecular weight is 465 g/mol. The van der Waals surface area contributed by atoms with Crippen LogP contribution in [0.4, 0.5) is 4.39 Å². The number of methoxy groups -OCH3 is 2. The minimum atomic E-state index is -0.354. The molecule has 1 fully saturated rings. The van der Waals surface area contributed by atoms with Crippen LogP contribution in [-0.2, 0) is 11.3 Å². The molecular formula is C18H29FIN3O2. The number of halogens is 2. The molecule has 142 valence electrons. The fraction of sp³-hybridized carbons (Fsp3) is 0.611. The summed E-state index contributed by atoms with van der Waals surface area (Å²) in [6, 6.07) is 4.95. The van der Waals surface area contributed by atoms with Crippen LogP contribution in [0, 0.1) is 11.2 Å². The van der Waals surface area contributed by atoms with Crippen LogP contribution in [0.25, 0.3) is 0 Å². The molecule has 1 aliphatic carbocycles. The van der Waals surface area contributed by atoms with Crippen LogP contribution in [-0.4, -0.2) is 40.4 Å². The molecule has 1 aromatic carbocycles. The van der Waals surface area contributed by atoms with Crippen molar-refractivity contribution in [2.24, 2.45) is 10.4 Å². The summed E-state index contributed by atoms with van der Waals surface area (Å²) in [6.45, 7) is 2.18. The minimum absolute atomic E-state index is 0. The SMILES string of the molecule is CN=C(NCc1ccc(OC)c(F)c1)NCC1(CCOC)CCC1.I. The average Bonchev–Trinajstić information content (AvgIpc) is 2.56. The van der Waals surface area contributed by atoms with Crippen molar-refractivity contribution in [1.82, 2.24) is 10.6 Å². The zero-order valence-corrected chi connectivity index (χ0v) is 17.6. The summed E-state index contributed by atoms with van der Waals surface area (Å²) >= 11 is 0. The van der Waals surface area contributed by atoms with Gasteiger partial charge in [0.2, 0.25) is 0 Å². The van der Waals surface area contributed by atoms with Crippen molar-refractivity contribution in [3.63, 3.8) is 0 Å². The van der Waals surface area contributed by atoms with Crippen LogP contribution >= 0.6 is 24.0 Å². The van der Waals surface area contributed by atoms with E-state index >= 15 is 0 Å². The Morgan fingerprint density at radius 3 is 2.56 bits per heavy atom. The van der Waals surface area contributed by atoms with Gasteiger partial charge in [-0.1, -0.05) is 12.5 Å². The first kappa shape index (κ1) is 22.0. The van der Waals surface area contributed by atoms with E-state index in [4.69, 9.17) is 9.47 Å². The number of nitrogens with one attached hydrogen (secondary N) is 2. The highest BCUT2D eigenvalue weighted by Crippen LogP contribution is 2.43. The van der Waals surface area contributed by atoms with Crippen LogP contribution in [0.1, 0.15) is 31.2 Å². The van der Waals surface area contributed by atoms with E-state index in [9.17, 15) is 4.39 Å². The van der Waals surface area contributed by atoms with Gasteiger partial charge in [-0.15, -0.1) is 24.0 Å². The largest absolute Gasteiger partial charge is 0.494 e. The molecule has 1 aliphatic rings. The Morgan fingerprint density at radius 1 is 1.28 bits per heavy atom. The number of nitrogens with zero attached hydrogens (tertiary/aromatic N) is 1. The number of aliphatic imine (C=N–C) groups is 1. The summed E-state index contributed by atoms with van der Waals surface area (Å²) in [6.07, 6.45) is 4.80. The second kappa shape index (κ2) is 10.8. The number of guanidine groups is 1. The molecule has 0 aromatic heterocycles. The second-order valence-electron chi connectivity index (χ2n) is 6.34. The third-order valence-electron chi connectivity index (χ3n) is 4.78. The van der Waals surface area contributed by atoms with Crippen LogP contribution in [0.2, 0.25) is 0 Å². The first-order chi connectivity index (χ1) is 11.6. The number of ether oxygens (including phenoxy) is 2. The third kappa shape index (κ3) is 6.29. The van der Waals surface area contributed by atoms with E-state index in [1.807, 2.05) is 6.07 Å². The summed E-state index contributed by atoms with van der Waals surface area (Å²) in [4.78, 5) is 4.25. The highest BCUT2D eigenvalue weighted by molar-refractivity contribution is 14.0. The molecule has 25 heavy (non-hydrogen) atoms. The standard InChI is InChI=1S/C18H28FN3O2.HI/c1-20-17(22-13-18(7-4-8-18)9-10-23-2)21-12-14-5-6-16(24-3)15(19)11-14;/h5-6,11H,4,7-10,12-13H2,1-3H3,(H2,20,21,22);1H. The fourth-order valence-electron chi connectivity index (χ4n) is 3.01. The smallest absolute Gasteiger partial charge is 0.191 e. The van der Waals surface area contributed by atoms with Gasteiger partial charge in [-0.2, -0.15) is 0 Å². The van der Waals surface area contributed by atoms with Crippen molar-refractivity contribution in [3.8, 4) is 5.75 Å². The molecule has 5 nitrogen and oxygen atoms in total. The summed E-state index contributed by atoms with van der Waals surface area (Å²) < 4.78 is 23.9.